The molecule has 1 rings (SSSR count). The van der Waals surface area contributed by atoms with Gasteiger partial charge in [-0.2, -0.15) is 0 Å². The Hall–Kier alpha value is -1.03. The van der Waals surface area contributed by atoms with Crippen LogP contribution in [0.4, 0.5) is 0 Å². The van der Waals surface area contributed by atoms with E-state index in [9.17, 15) is 0 Å². The molecule has 0 aromatic heterocycles. The van der Waals surface area contributed by atoms with E-state index in [2.05, 4.69) is 10.9 Å². The molecule has 1 aliphatic carbocycles. The number of nitrogens with zero attached hydrogens (tertiary/aromatic N) is 1. The van der Waals surface area contributed by atoms with Crippen molar-refractivity contribution >= 4 is 0 Å². The molecule has 1 aliphatic rings. The second kappa shape index (κ2) is 2.32. The van der Waals surface area contributed by atoms with E-state index in [0.29, 0.717) is 0 Å². The highest BCUT2D eigenvalue weighted by Crippen LogP contribution is 2.09. The van der Waals surface area contributed by atoms with Crippen LogP contribution in [-0.4, -0.2) is 0 Å². The molecule has 0 atom stereocenters. The Morgan fingerprint density at radius 2 is 2.38 bits per heavy atom. The van der Waals surface area contributed by atoms with Crippen molar-refractivity contribution in [1.82, 2.24) is 0 Å². The molecule has 0 fully saturated rings. The zero-order valence-electron chi connectivity index (χ0n) is 4.67. The van der Waals surface area contributed by atoms with Gasteiger partial charge in [-0.1, -0.05) is 6.08 Å². The average Bonchev–Trinajstić information content (AvgIpc) is 1.90. The Bertz CT molecular complexity index is 169. The van der Waals surface area contributed by atoms with Gasteiger partial charge in [-0.05, 0) is 17.7 Å². The highest BCUT2D eigenvalue weighted by molar-refractivity contribution is 5.28. The van der Waals surface area contributed by atoms with E-state index in [1.54, 1.807) is 0 Å². The Morgan fingerprint density at radius 1 is 1.50 bits per heavy atom. The lowest BCUT2D eigenvalue weighted by Crippen LogP contribution is -1.76. The normalized spacial score (nSPS) is 17.1. The zero-order valence-corrected chi connectivity index (χ0v) is 4.67. The molecule has 0 saturated carbocycles. The summed E-state index contributed by atoms with van der Waals surface area (Å²) in [5.74, 6) is 0. The van der Waals surface area contributed by atoms with E-state index in [0.717, 1.165) is 18.5 Å². The third kappa shape index (κ3) is 0.974. The van der Waals surface area contributed by atoms with Crippen molar-refractivity contribution in [2.45, 2.75) is 12.8 Å². The number of rotatable bonds is 0. The molecule has 0 radical (unpaired) electrons. The highest BCUT2D eigenvalue weighted by atomic mass is 14.6. The molecule has 0 aromatic rings. The van der Waals surface area contributed by atoms with E-state index >= 15 is 0 Å². The molecule has 0 N–H and O–H groups in total. The van der Waals surface area contributed by atoms with Gasteiger partial charge >= 0.3 is 5.70 Å². The van der Waals surface area contributed by atoms with Crippen LogP contribution < -0.4 is 0 Å². The van der Waals surface area contributed by atoms with Crippen LogP contribution in [0.25, 0.3) is 4.85 Å². The molecular formula is C7H8N+. The quantitative estimate of drug-likeness (QED) is 0.446. The molecule has 0 saturated heterocycles. The summed E-state index contributed by atoms with van der Waals surface area (Å²) in [6, 6.07) is 0. The van der Waals surface area contributed by atoms with Gasteiger partial charge in [0, 0.05) is 12.2 Å². The van der Waals surface area contributed by atoms with E-state index in [1.165, 1.54) is 0 Å². The van der Waals surface area contributed by atoms with Gasteiger partial charge in [-0.25, -0.2) is 0 Å². The minimum atomic E-state index is 0.899. The van der Waals surface area contributed by atoms with Crippen LogP contribution in [0.2, 0.25) is 0 Å². The first-order valence-electron chi connectivity index (χ1n) is 2.71. The van der Waals surface area contributed by atoms with Crippen LogP contribution in [0, 0.1) is 6.57 Å². The van der Waals surface area contributed by atoms with Gasteiger partial charge in [-0.3, -0.25) is 0 Å². The van der Waals surface area contributed by atoms with Crippen LogP contribution >= 0.6 is 0 Å². The van der Waals surface area contributed by atoms with Crippen molar-refractivity contribution in [1.29, 1.82) is 0 Å². The highest BCUT2D eigenvalue weighted by Gasteiger charge is 2.01. The molecule has 0 heterocycles. The number of hydrogen-bond donors (Lipinski definition) is 0. The van der Waals surface area contributed by atoms with Crippen molar-refractivity contribution in [3.63, 3.8) is 0 Å². The standard InChI is InChI=1S/C7H8N/c1-8-7-5-3-2-4-6-7/h1,3,5-6H,2,4H2/q+1. The predicted molar refractivity (Wildman–Crippen MR) is 34.8 cm³/mol. The monoisotopic (exact) mass is 106 g/mol. The fourth-order valence-corrected chi connectivity index (χ4v) is 0.695. The lowest BCUT2D eigenvalue weighted by molar-refractivity contribution is 1.02. The molecule has 0 bridgehead atoms. The summed E-state index contributed by atoms with van der Waals surface area (Å²) in [4.78, 5) is 3.52. The number of allylic oxidation sites excluding steroid dienone is 3. The zero-order chi connectivity index (χ0) is 5.82. The van der Waals surface area contributed by atoms with Crippen molar-refractivity contribution in [3.05, 3.63) is 28.8 Å². The SMILES string of the molecule is C#[N+]C1=CCCC=C1. The van der Waals surface area contributed by atoms with Gasteiger partial charge in [0.25, 0.3) is 6.57 Å². The Morgan fingerprint density at radius 3 is 2.75 bits per heavy atom. The second-order valence-electron chi connectivity index (χ2n) is 1.74. The van der Waals surface area contributed by atoms with E-state index in [-0.39, 0.29) is 0 Å². The Kier molecular flexibility index (Phi) is 1.48. The fraction of sp³-hybridized carbons (Fsp3) is 0.286. The molecule has 0 unspecified atom stereocenters. The molecule has 0 amide bonds. The van der Waals surface area contributed by atoms with Gasteiger partial charge in [0.15, 0.2) is 0 Å². The lowest BCUT2D eigenvalue weighted by Gasteiger charge is -1.88. The molecule has 1 heteroatoms. The van der Waals surface area contributed by atoms with Crippen LogP contribution in [0.3, 0.4) is 0 Å². The van der Waals surface area contributed by atoms with Crippen molar-refractivity contribution in [3.8, 4) is 6.57 Å². The van der Waals surface area contributed by atoms with Gasteiger partial charge in [0.2, 0.25) is 0 Å². The minimum absolute atomic E-state index is 0.899. The van der Waals surface area contributed by atoms with Crippen LogP contribution in [0.5, 0.6) is 0 Å². The lowest BCUT2D eigenvalue weighted by atomic mass is 10.2. The molecule has 0 aliphatic heterocycles. The van der Waals surface area contributed by atoms with Crippen molar-refractivity contribution in [2.24, 2.45) is 0 Å². The fourth-order valence-electron chi connectivity index (χ4n) is 0.695. The topological polar surface area (TPSA) is 4.36 Å². The average molecular weight is 106 g/mol. The molecular weight excluding hydrogens is 98.1 g/mol. The molecule has 0 aromatic carbocycles. The largest absolute Gasteiger partial charge is 0.335 e. The summed E-state index contributed by atoms with van der Waals surface area (Å²) in [5.41, 5.74) is 0.899. The molecule has 1 nitrogen and oxygen atoms in total. The Balaban J connectivity index is 2.68. The maximum absolute atomic E-state index is 5.01. The molecule has 8 heavy (non-hydrogen) atoms. The van der Waals surface area contributed by atoms with Gasteiger partial charge < -0.3 is 0 Å². The molecule has 0 spiro atoms. The van der Waals surface area contributed by atoms with E-state index < -0.39 is 0 Å². The molecule has 40 valence electrons. The summed E-state index contributed by atoms with van der Waals surface area (Å²) in [6.45, 7) is 5.01. The number of hydrogen-bond acceptors (Lipinski definition) is 0. The summed E-state index contributed by atoms with van der Waals surface area (Å²) < 4.78 is 0. The minimum Gasteiger partial charge on any atom is -0.0764 e. The third-order valence-corrected chi connectivity index (χ3v) is 1.12. The van der Waals surface area contributed by atoms with Gasteiger partial charge in [-0.15, -0.1) is 0 Å². The summed E-state index contributed by atoms with van der Waals surface area (Å²) in [6.07, 6.45) is 8.24. The Labute approximate surface area is 49.1 Å². The van der Waals surface area contributed by atoms with Crippen LogP contribution in [0.15, 0.2) is 23.9 Å². The summed E-state index contributed by atoms with van der Waals surface area (Å²) in [5, 5.41) is 0. The van der Waals surface area contributed by atoms with Crippen molar-refractivity contribution in [2.75, 3.05) is 0 Å². The van der Waals surface area contributed by atoms with Crippen molar-refractivity contribution < 1.29 is 0 Å². The van der Waals surface area contributed by atoms with Gasteiger partial charge in [0.1, 0.15) is 0 Å². The van der Waals surface area contributed by atoms with E-state index in [4.69, 9.17) is 6.57 Å². The third-order valence-electron chi connectivity index (χ3n) is 1.12. The van der Waals surface area contributed by atoms with E-state index in [1.807, 2.05) is 12.2 Å². The first kappa shape index (κ1) is 5.11. The van der Waals surface area contributed by atoms with Crippen LogP contribution in [0.1, 0.15) is 12.8 Å². The van der Waals surface area contributed by atoms with Crippen LogP contribution in [-0.2, 0) is 0 Å². The smallest absolute Gasteiger partial charge is 0.0764 e. The van der Waals surface area contributed by atoms with Gasteiger partial charge in [0.05, 0.1) is 0 Å². The predicted octanol–water partition coefficient (Wildman–Crippen LogP) is 2.18. The summed E-state index contributed by atoms with van der Waals surface area (Å²) in [7, 11) is 0. The second-order valence-corrected chi connectivity index (χ2v) is 1.74. The maximum Gasteiger partial charge on any atom is 0.335 e. The maximum atomic E-state index is 5.01. The first-order chi connectivity index (χ1) is 3.93. The summed E-state index contributed by atoms with van der Waals surface area (Å²) >= 11 is 0. The first-order valence-corrected chi connectivity index (χ1v) is 2.71.